The predicted molar refractivity (Wildman–Crippen MR) is 250 cm³/mol. The summed E-state index contributed by atoms with van der Waals surface area (Å²) in [5.41, 5.74) is 0. The zero-order chi connectivity index (χ0) is 46.3. The van der Waals surface area contributed by atoms with E-state index in [2.05, 4.69) is 83.1 Å². The first-order valence-corrected chi connectivity index (χ1v) is 23.7. The third-order valence-electron chi connectivity index (χ3n) is 9.36. The van der Waals surface area contributed by atoms with E-state index in [0.717, 1.165) is 114 Å². The highest BCUT2D eigenvalue weighted by atomic mass is 16.5. The number of Topliss-reactive ketones (excluding diaryl/α,β-unsaturated/α-hetero) is 4. The first kappa shape index (κ1) is 65.8. The normalized spacial score (nSPS) is 10.6. The lowest BCUT2D eigenvalue weighted by atomic mass is 10.0. The van der Waals surface area contributed by atoms with Crippen LogP contribution in [0.4, 0.5) is 0 Å². The van der Waals surface area contributed by atoms with Crippen molar-refractivity contribution in [3.05, 3.63) is 0 Å². The molecule has 0 aliphatic heterocycles. The Morgan fingerprint density at radius 3 is 0.983 bits per heavy atom. The molecule has 59 heavy (non-hydrogen) atoms. The van der Waals surface area contributed by atoms with Gasteiger partial charge in [-0.3, -0.25) is 19.2 Å². The van der Waals surface area contributed by atoms with E-state index in [1.807, 2.05) is 6.79 Å². The lowest BCUT2D eigenvalue weighted by Gasteiger charge is -2.06. The second kappa shape index (κ2) is 51.8. The zero-order valence-electron chi connectivity index (χ0n) is 41.0. The Labute approximate surface area is 365 Å². The molecule has 8 nitrogen and oxygen atoms in total. The smallest absolute Gasteiger partial charge is 0.135 e. The summed E-state index contributed by atoms with van der Waals surface area (Å²) in [5.74, 6) is 5.79. The lowest BCUT2D eigenvalue weighted by molar-refractivity contribution is -0.121. The van der Waals surface area contributed by atoms with Crippen LogP contribution in [-0.4, -0.2) is 55.7 Å². The van der Waals surface area contributed by atoms with Gasteiger partial charge in [-0.05, 0) is 86.9 Å². The Bertz CT molecular complexity index is 929. The molecule has 0 atom stereocenters. The topological polar surface area (TPSA) is 129 Å². The molecule has 0 aromatic heterocycles. The van der Waals surface area contributed by atoms with Crippen LogP contribution in [0.25, 0.3) is 0 Å². The molecule has 0 rings (SSSR count). The van der Waals surface area contributed by atoms with Gasteiger partial charge >= 0.3 is 0 Å². The number of carbonyl (C=O) groups excluding carboxylic acids is 7. The van der Waals surface area contributed by atoms with E-state index in [-0.39, 0.29) is 0 Å². The average Bonchev–Trinajstić information content (AvgIpc) is 3.16. The molecule has 0 radical (unpaired) electrons. The summed E-state index contributed by atoms with van der Waals surface area (Å²) < 4.78 is 5.47. The van der Waals surface area contributed by atoms with Crippen molar-refractivity contribution >= 4 is 42.5 Å². The third-order valence-corrected chi connectivity index (χ3v) is 9.36. The van der Waals surface area contributed by atoms with Crippen molar-refractivity contribution in [2.75, 3.05) is 13.2 Å². The zero-order valence-corrected chi connectivity index (χ0v) is 41.0. The van der Waals surface area contributed by atoms with Crippen LogP contribution >= 0.6 is 0 Å². The summed E-state index contributed by atoms with van der Waals surface area (Å²) in [6, 6.07) is 0. The minimum Gasteiger partial charge on any atom is -0.381 e. The summed E-state index contributed by atoms with van der Waals surface area (Å²) in [4.78, 5) is 73.2. The second-order valence-electron chi connectivity index (χ2n) is 18.6. The largest absolute Gasteiger partial charge is 0.381 e. The fourth-order valence-corrected chi connectivity index (χ4v) is 5.51. The van der Waals surface area contributed by atoms with Gasteiger partial charge in [-0.15, -0.1) is 0 Å². The van der Waals surface area contributed by atoms with Crippen molar-refractivity contribution in [3.63, 3.8) is 0 Å². The minimum atomic E-state index is 0.304. The standard InChI is InChI=1S/C20H38O3.C14H28O.C11H22O.C5H8O2.CH2O/c1-17(2)9-5-6-11-20(22)14-16-23-15-8-13-19(21)12-7-10-18(3)4;1-12(2)8-5-6-10-14(15)11-7-9-13(3)4;1-9(2)5-7-11(12)8-6-10(3)4;6-4-2-1-3-5-7;1-2/h17-18H,5-16H2,1-4H3;12-13H,5-11H2,1-4H3;9-10H,5-8H2,1-4H3;4-5H,1-3H2;1H2. The number of hydrogen-bond acceptors (Lipinski definition) is 8. The molecule has 0 unspecified atom stereocenters. The molecule has 0 heterocycles. The number of aldehydes is 2. The fourth-order valence-electron chi connectivity index (χ4n) is 5.51. The summed E-state index contributed by atoms with van der Waals surface area (Å²) in [5, 5.41) is 0. The van der Waals surface area contributed by atoms with Gasteiger partial charge in [0.2, 0.25) is 0 Å². The van der Waals surface area contributed by atoms with Gasteiger partial charge in [-0.25, -0.2) is 0 Å². The first-order chi connectivity index (χ1) is 27.9. The lowest BCUT2D eigenvalue weighted by Crippen LogP contribution is -2.07. The Morgan fingerprint density at radius 1 is 0.356 bits per heavy atom. The van der Waals surface area contributed by atoms with Gasteiger partial charge in [0.25, 0.3) is 0 Å². The number of carbonyl (C=O) groups is 7. The van der Waals surface area contributed by atoms with Crippen LogP contribution in [-0.2, 0) is 38.3 Å². The quantitative estimate of drug-likeness (QED) is 0.0456. The molecular weight excluding hydrogens is 741 g/mol. The average molecular weight is 839 g/mol. The van der Waals surface area contributed by atoms with Crippen LogP contribution in [0.15, 0.2) is 0 Å². The number of hydrogen-bond donors (Lipinski definition) is 0. The van der Waals surface area contributed by atoms with Gasteiger partial charge in [-0.2, -0.15) is 0 Å². The molecule has 0 saturated carbocycles. The summed E-state index contributed by atoms with van der Waals surface area (Å²) >= 11 is 0. The maximum atomic E-state index is 11.7. The highest BCUT2D eigenvalue weighted by molar-refractivity contribution is 5.79. The van der Waals surface area contributed by atoms with E-state index in [9.17, 15) is 28.8 Å². The summed E-state index contributed by atoms with van der Waals surface area (Å²) in [7, 11) is 0. The molecular formula is C51H98O8. The third kappa shape index (κ3) is 73.6. The predicted octanol–water partition coefficient (Wildman–Crippen LogP) is 13.7. The van der Waals surface area contributed by atoms with E-state index in [1.54, 1.807) is 0 Å². The molecule has 0 amide bonds. The second-order valence-corrected chi connectivity index (χ2v) is 18.6. The minimum absolute atomic E-state index is 0.304. The SMILES string of the molecule is C=O.CC(C)CCC(=O)CCC(C)C.CC(C)CCCCC(=O)CCCC(C)C.CC(C)CCCCC(=O)CCOCCCC(=O)CCCC(C)C.O=CCCCC=O. The Hall–Kier alpha value is -2.35. The van der Waals surface area contributed by atoms with Crippen molar-refractivity contribution in [2.24, 2.45) is 35.5 Å². The van der Waals surface area contributed by atoms with Gasteiger partial charge < -0.3 is 19.1 Å². The number of ketones is 4. The summed E-state index contributed by atoms with van der Waals surface area (Å²) in [6.45, 7) is 29.5. The van der Waals surface area contributed by atoms with Crippen molar-refractivity contribution < 1.29 is 38.3 Å². The highest BCUT2D eigenvalue weighted by Crippen LogP contribution is 2.13. The monoisotopic (exact) mass is 839 g/mol. The van der Waals surface area contributed by atoms with Crippen LogP contribution in [0.5, 0.6) is 0 Å². The van der Waals surface area contributed by atoms with Crippen LogP contribution in [0.3, 0.4) is 0 Å². The molecule has 0 aliphatic carbocycles. The molecule has 350 valence electrons. The van der Waals surface area contributed by atoms with Crippen LogP contribution < -0.4 is 0 Å². The van der Waals surface area contributed by atoms with Crippen LogP contribution in [0, 0.1) is 35.5 Å². The Kier molecular flexibility index (Phi) is 57.7. The van der Waals surface area contributed by atoms with E-state index < -0.39 is 0 Å². The molecule has 0 saturated heterocycles. The van der Waals surface area contributed by atoms with Crippen molar-refractivity contribution in [1.29, 1.82) is 0 Å². The van der Waals surface area contributed by atoms with Crippen LogP contribution in [0.2, 0.25) is 0 Å². The number of unbranched alkanes of at least 4 members (excludes halogenated alkanes) is 4. The maximum absolute atomic E-state index is 11.7. The number of ether oxygens (including phenoxy) is 1. The van der Waals surface area contributed by atoms with Gasteiger partial charge in [0.05, 0.1) is 6.61 Å². The summed E-state index contributed by atoms with van der Waals surface area (Å²) in [6.07, 6.45) is 23.3. The molecule has 0 bridgehead atoms. The molecule has 0 aromatic rings. The maximum Gasteiger partial charge on any atom is 0.135 e. The first-order valence-electron chi connectivity index (χ1n) is 23.7. The van der Waals surface area contributed by atoms with E-state index in [4.69, 9.17) is 9.53 Å². The number of rotatable bonds is 35. The van der Waals surface area contributed by atoms with Crippen molar-refractivity contribution in [3.8, 4) is 0 Å². The van der Waals surface area contributed by atoms with E-state index >= 15 is 0 Å². The van der Waals surface area contributed by atoms with Crippen molar-refractivity contribution in [1.82, 2.24) is 0 Å². The molecule has 8 heteroatoms. The molecule has 0 aromatic carbocycles. The van der Waals surface area contributed by atoms with Gasteiger partial charge in [0.15, 0.2) is 0 Å². The van der Waals surface area contributed by atoms with E-state index in [0.29, 0.717) is 99.0 Å². The Morgan fingerprint density at radius 2 is 0.644 bits per heavy atom. The van der Waals surface area contributed by atoms with Gasteiger partial charge in [0, 0.05) is 70.8 Å². The fraction of sp³-hybridized carbons (Fsp3) is 0.863. The van der Waals surface area contributed by atoms with Gasteiger partial charge in [0.1, 0.15) is 42.5 Å². The molecule has 0 aliphatic rings. The molecule has 0 fully saturated rings. The van der Waals surface area contributed by atoms with Gasteiger partial charge in [-0.1, -0.05) is 122 Å². The Balaban J connectivity index is -0.000000233. The van der Waals surface area contributed by atoms with E-state index in [1.165, 1.54) is 25.7 Å². The molecule has 0 N–H and O–H groups in total. The van der Waals surface area contributed by atoms with Crippen LogP contribution in [0.1, 0.15) is 237 Å². The molecule has 0 spiro atoms. The van der Waals surface area contributed by atoms with Crippen molar-refractivity contribution in [2.45, 2.75) is 237 Å². The highest BCUT2D eigenvalue weighted by Gasteiger charge is 2.07.